The standard InChI is InChI=1S/C16H25NO3.C15H22O3/c1-5-15(18)13(2)16(3,12-17-19-4)20-11-14-9-7-6-8-10-14;1-4-13-11(2)15(3,14(16)18-13)17-10-12-8-6-5-7-9-12/h6-10,12-13,15,18H,5,11H2,1-4H3;5-9,11,13-14,16H,4,10H2,1-3H3/b17-12+;/t13-,15-,16+;11-,13-,14?,15-/m11/s1. The molecule has 7 nitrogen and oxygen atoms in total. The highest BCUT2D eigenvalue weighted by Crippen LogP contribution is 2.39. The van der Waals surface area contributed by atoms with E-state index in [0.29, 0.717) is 19.6 Å². The second-order valence-electron chi connectivity index (χ2n) is 10.3. The van der Waals surface area contributed by atoms with Gasteiger partial charge in [-0.05, 0) is 37.8 Å². The van der Waals surface area contributed by atoms with Gasteiger partial charge in [-0.3, -0.25) is 0 Å². The number of benzene rings is 2. The fourth-order valence-electron chi connectivity index (χ4n) is 4.47. The Morgan fingerprint density at radius 2 is 1.61 bits per heavy atom. The van der Waals surface area contributed by atoms with Crippen molar-refractivity contribution in [2.45, 2.75) is 97.3 Å². The van der Waals surface area contributed by atoms with Gasteiger partial charge in [0.15, 0.2) is 6.29 Å². The number of oxime groups is 1. The zero-order valence-corrected chi connectivity index (χ0v) is 24.0. The minimum Gasteiger partial charge on any atom is -0.399 e. The largest absolute Gasteiger partial charge is 0.399 e. The molecule has 0 aromatic heterocycles. The van der Waals surface area contributed by atoms with Gasteiger partial charge in [0.05, 0.1) is 31.6 Å². The van der Waals surface area contributed by atoms with Crippen LogP contribution in [0.2, 0.25) is 0 Å². The quantitative estimate of drug-likeness (QED) is 0.270. The van der Waals surface area contributed by atoms with Crippen LogP contribution in [0.1, 0.15) is 65.5 Å². The Labute approximate surface area is 228 Å². The zero-order chi connectivity index (χ0) is 28.2. The van der Waals surface area contributed by atoms with Crippen LogP contribution in [-0.4, -0.2) is 53.2 Å². The summed E-state index contributed by atoms with van der Waals surface area (Å²) in [6.45, 7) is 12.9. The van der Waals surface area contributed by atoms with Gasteiger partial charge in [-0.25, -0.2) is 0 Å². The zero-order valence-electron chi connectivity index (χ0n) is 24.0. The first kappa shape index (κ1) is 31.9. The van der Waals surface area contributed by atoms with Gasteiger partial charge in [0.2, 0.25) is 0 Å². The molecule has 1 aliphatic rings. The summed E-state index contributed by atoms with van der Waals surface area (Å²) in [5, 5.41) is 24.0. The van der Waals surface area contributed by atoms with Crippen LogP contribution in [0.15, 0.2) is 65.8 Å². The van der Waals surface area contributed by atoms with Crippen molar-refractivity contribution in [1.82, 2.24) is 0 Å². The number of aliphatic hydroxyl groups is 2. The van der Waals surface area contributed by atoms with Gasteiger partial charge in [0.25, 0.3) is 0 Å². The maximum absolute atomic E-state index is 10.1. The highest BCUT2D eigenvalue weighted by Gasteiger charge is 2.51. The number of hydrogen-bond donors (Lipinski definition) is 2. The second-order valence-corrected chi connectivity index (χ2v) is 10.3. The van der Waals surface area contributed by atoms with Crippen molar-refractivity contribution in [3.8, 4) is 0 Å². The first-order chi connectivity index (χ1) is 18.1. The van der Waals surface area contributed by atoms with E-state index >= 15 is 0 Å². The normalized spacial score (nSPS) is 26.3. The molecule has 1 heterocycles. The van der Waals surface area contributed by atoms with Gasteiger partial charge in [-0.15, -0.1) is 0 Å². The smallest absolute Gasteiger partial charge is 0.184 e. The molecule has 3 rings (SSSR count). The summed E-state index contributed by atoms with van der Waals surface area (Å²) in [5.74, 6) is 0.0938. The first-order valence-corrected chi connectivity index (χ1v) is 13.6. The summed E-state index contributed by atoms with van der Waals surface area (Å²) in [5.41, 5.74) is 0.887. The maximum atomic E-state index is 10.1. The van der Waals surface area contributed by atoms with Crippen LogP contribution in [0.3, 0.4) is 0 Å². The van der Waals surface area contributed by atoms with E-state index < -0.39 is 23.6 Å². The van der Waals surface area contributed by atoms with E-state index in [2.05, 4.69) is 19.0 Å². The molecular formula is C31H47NO6. The Morgan fingerprint density at radius 1 is 1.05 bits per heavy atom. The summed E-state index contributed by atoms with van der Waals surface area (Å²) < 4.78 is 17.5. The van der Waals surface area contributed by atoms with Crippen LogP contribution in [0.4, 0.5) is 0 Å². The Bertz CT molecular complexity index is 942. The molecule has 7 atom stereocenters. The molecule has 1 unspecified atom stereocenters. The third-order valence-electron chi connectivity index (χ3n) is 7.76. The number of hydrogen-bond acceptors (Lipinski definition) is 7. The molecular weight excluding hydrogens is 482 g/mol. The highest BCUT2D eigenvalue weighted by atomic mass is 16.7. The van der Waals surface area contributed by atoms with Crippen LogP contribution >= 0.6 is 0 Å². The Morgan fingerprint density at radius 3 is 2.08 bits per heavy atom. The van der Waals surface area contributed by atoms with Crippen molar-refractivity contribution in [2.75, 3.05) is 7.11 Å². The summed E-state index contributed by atoms with van der Waals surface area (Å²) in [6.07, 6.45) is 1.97. The van der Waals surface area contributed by atoms with Crippen molar-refractivity contribution >= 4 is 6.21 Å². The molecule has 1 saturated heterocycles. The lowest BCUT2D eigenvalue weighted by Crippen LogP contribution is -2.43. The van der Waals surface area contributed by atoms with Crippen LogP contribution in [0.25, 0.3) is 0 Å². The van der Waals surface area contributed by atoms with E-state index in [9.17, 15) is 10.2 Å². The van der Waals surface area contributed by atoms with E-state index in [1.165, 1.54) is 7.11 Å². The second kappa shape index (κ2) is 15.3. The Hall–Kier alpha value is -2.29. The average molecular weight is 530 g/mol. The molecule has 0 amide bonds. The van der Waals surface area contributed by atoms with E-state index in [1.807, 2.05) is 88.4 Å². The lowest BCUT2D eigenvalue weighted by Gasteiger charge is -2.34. The SMILES string of the molecule is CC[C@@H](O)[C@@H](C)[C@](C)(/C=N/OC)OCc1ccccc1.CC[C@H]1OC(O)[C@](C)(OCc2ccccc2)[C@@H]1C. The van der Waals surface area contributed by atoms with Crippen LogP contribution in [0, 0.1) is 11.8 Å². The predicted octanol–water partition coefficient (Wildman–Crippen LogP) is 5.73. The van der Waals surface area contributed by atoms with E-state index in [0.717, 1.165) is 17.5 Å². The average Bonchev–Trinajstić information content (AvgIpc) is 3.18. The molecule has 1 fully saturated rings. The molecule has 7 heteroatoms. The third kappa shape index (κ3) is 8.61. The molecule has 0 saturated carbocycles. The molecule has 0 bridgehead atoms. The van der Waals surface area contributed by atoms with E-state index in [4.69, 9.17) is 19.0 Å². The molecule has 2 N–H and O–H groups in total. The van der Waals surface area contributed by atoms with Crippen molar-refractivity contribution in [3.05, 3.63) is 71.8 Å². The Balaban J connectivity index is 0.000000268. The van der Waals surface area contributed by atoms with Gasteiger partial charge >= 0.3 is 0 Å². The molecule has 0 spiro atoms. The van der Waals surface area contributed by atoms with Gasteiger partial charge < -0.3 is 29.3 Å². The third-order valence-corrected chi connectivity index (χ3v) is 7.76. The fraction of sp³-hybridized carbons (Fsp3) is 0.581. The predicted molar refractivity (Wildman–Crippen MR) is 151 cm³/mol. The lowest BCUT2D eigenvalue weighted by molar-refractivity contribution is -0.191. The Kier molecular flexibility index (Phi) is 12.9. The number of rotatable bonds is 12. The number of ether oxygens (including phenoxy) is 3. The fourth-order valence-corrected chi connectivity index (χ4v) is 4.47. The van der Waals surface area contributed by atoms with Crippen LogP contribution < -0.4 is 0 Å². The van der Waals surface area contributed by atoms with E-state index in [-0.39, 0.29) is 17.9 Å². The summed E-state index contributed by atoms with van der Waals surface area (Å²) in [7, 11) is 1.50. The van der Waals surface area contributed by atoms with Crippen LogP contribution in [0.5, 0.6) is 0 Å². The van der Waals surface area contributed by atoms with Crippen molar-refractivity contribution in [2.24, 2.45) is 17.0 Å². The number of nitrogens with zero attached hydrogens (tertiary/aromatic N) is 1. The molecule has 0 aliphatic carbocycles. The summed E-state index contributed by atoms with van der Waals surface area (Å²) in [6, 6.07) is 19.9. The summed E-state index contributed by atoms with van der Waals surface area (Å²) in [4.78, 5) is 4.76. The highest BCUT2D eigenvalue weighted by molar-refractivity contribution is 5.68. The molecule has 212 valence electrons. The van der Waals surface area contributed by atoms with Crippen molar-refractivity contribution < 1.29 is 29.3 Å². The monoisotopic (exact) mass is 529 g/mol. The minimum atomic E-state index is -0.846. The van der Waals surface area contributed by atoms with E-state index in [1.54, 1.807) is 6.21 Å². The molecule has 0 radical (unpaired) electrons. The molecule has 2 aromatic rings. The van der Waals surface area contributed by atoms with Gasteiger partial charge in [-0.1, -0.05) is 93.5 Å². The minimum absolute atomic E-state index is 0.0702. The molecule has 1 aliphatic heterocycles. The van der Waals surface area contributed by atoms with Crippen molar-refractivity contribution in [1.29, 1.82) is 0 Å². The maximum Gasteiger partial charge on any atom is 0.184 e. The number of aliphatic hydroxyl groups excluding tert-OH is 2. The topological polar surface area (TPSA) is 89.7 Å². The van der Waals surface area contributed by atoms with Crippen LogP contribution in [-0.2, 0) is 32.3 Å². The lowest BCUT2D eigenvalue weighted by atomic mass is 9.85. The first-order valence-electron chi connectivity index (χ1n) is 13.6. The van der Waals surface area contributed by atoms with Crippen molar-refractivity contribution in [3.63, 3.8) is 0 Å². The van der Waals surface area contributed by atoms with Gasteiger partial charge in [0, 0.05) is 11.8 Å². The summed E-state index contributed by atoms with van der Waals surface area (Å²) >= 11 is 0. The molecule has 2 aromatic carbocycles. The molecule has 38 heavy (non-hydrogen) atoms. The van der Waals surface area contributed by atoms with Gasteiger partial charge in [-0.2, -0.15) is 0 Å². The van der Waals surface area contributed by atoms with Gasteiger partial charge in [0.1, 0.15) is 18.3 Å².